The number of amides is 4. The summed E-state index contributed by atoms with van der Waals surface area (Å²) in [5, 5.41) is 43.6. The van der Waals surface area contributed by atoms with Gasteiger partial charge < -0.3 is 39.4 Å². The fourth-order valence-electron chi connectivity index (χ4n) is 9.53. The first-order chi connectivity index (χ1) is 33.9. The lowest BCUT2D eigenvalue weighted by atomic mass is 9.80. The number of rotatable bonds is 14. The second kappa shape index (κ2) is 16.9. The number of imide groups is 2. The number of phenols is 4. The topological polar surface area (TPSA) is 193 Å². The van der Waals surface area contributed by atoms with Crippen molar-refractivity contribution < 1.29 is 58.6 Å². The summed E-state index contributed by atoms with van der Waals surface area (Å²) in [6.45, 7) is 4.17. The molecule has 0 atom stereocenters. The van der Waals surface area contributed by atoms with E-state index in [1.165, 1.54) is 58.3 Å². The van der Waals surface area contributed by atoms with E-state index in [0.717, 1.165) is 0 Å². The molecule has 0 saturated heterocycles. The van der Waals surface area contributed by atoms with Crippen LogP contribution < -0.4 is 18.9 Å². The Bertz CT molecular complexity index is 3160. The maximum Gasteiger partial charge on any atom is 0.261 e. The van der Waals surface area contributed by atoms with Gasteiger partial charge in [-0.25, -0.2) is 0 Å². The molecule has 0 aliphatic carbocycles. The predicted octanol–water partition coefficient (Wildman–Crippen LogP) is 12.5. The van der Waals surface area contributed by atoms with Crippen LogP contribution in [-0.4, -0.2) is 66.9 Å². The van der Waals surface area contributed by atoms with Gasteiger partial charge in [0.25, 0.3) is 23.6 Å². The lowest BCUT2D eigenvalue weighted by molar-refractivity contribution is 0.0593. The summed E-state index contributed by atoms with van der Waals surface area (Å²) in [7, 11) is 0. The van der Waals surface area contributed by atoms with Gasteiger partial charge >= 0.3 is 0 Å². The third-order valence-electron chi connectivity index (χ3n) is 12.8. The zero-order chi connectivity index (χ0) is 48.5. The molecule has 0 bridgehead atoms. The third kappa shape index (κ3) is 7.11. The molecular formula is C56H42N2O12. The molecule has 11 rings (SSSR count). The van der Waals surface area contributed by atoms with Crippen LogP contribution in [0.1, 0.15) is 81.0 Å². The molecule has 9 aromatic rings. The molecule has 14 heteroatoms. The number of ether oxygens (including phenoxy) is 4. The van der Waals surface area contributed by atoms with Gasteiger partial charge in [0, 0.05) is 56.2 Å². The fourth-order valence-corrected chi connectivity index (χ4v) is 9.53. The Morgan fingerprint density at radius 1 is 0.343 bits per heavy atom. The number of aromatic hydroxyl groups is 4. The summed E-state index contributed by atoms with van der Waals surface area (Å²) in [5.41, 5.74) is 0.569. The summed E-state index contributed by atoms with van der Waals surface area (Å²) >= 11 is 0. The van der Waals surface area contributed by atoms with E-state index < -0.39 is 23.6 Å². The van der Waals surface area contributed by atoms with Gasteiger partial charge in [-0.05, 0) is 134 Å². The van der Waals surface area contributed by atoms with Crippen LogP contribution in [0.15, 0.2) is 121 Å². The molecule has 348 valence electrons. The smallest absolute Gasteiger partial charge is 0.261 e. The van der Waals surface area contributed by atoms with E-state index in [9.17, 15) is 39.6 Å². The van der Waals surface area contributed by atoms with Crippen LogP contribution in [0.5, 0.6) is 69.0 Å². The van der Waals surface area contributed by atoms with Crippen LogP contribution in [0.4, 0.5) is 0 Å². The molecule has 0 radical (unpaired) electrons. The molecule has 0 spiro atoms. The standard InChI is InChI=1S/C56H42N2O12/c1-3-5-23-57-53(63)37-25-41(67-33-15-7-29(59)8-16-33)47-49-43(69-35-19-11-31(61)12-20-35)27-39-46-40(56(66)58(55(39)65)24-6-4-2)28-44(70-36-21-13-32(62)14-22-36)50(52(46)49)48-42(68-34-17-9-30(60)10-18-34)26-38(54(57)64)45(37)51(47)48/h7-22,25-28,59-62H,3-6,23-24H2,1-2H3. The number of nitrogens with zero attached hydrogens (tertiary/aromatic N) is 2. The van der Waals surface area contributed by atoms with Crippen molar-refractivity contribution in [3.63, 3.8) is 0 Å². The van der Waals surface area contributed by atoms with E-state index in [2.05, 4.69) is 0 Å². The summed E-state index contributed by atoms with van der Waals surface area (Å²) in [6.07, 6.45) is 2.45. The van der Waals surface area contributed by atoms with Gasteiger partial charge in [-0.3, -0.25) is 29.0 Å². The number of hydrogen-bond acceptors (Lipinski definition) is 12. The number of phenolic OH excluding ortho intramolecular Hbond substituents is 4. The van der Waals surface area contributed by atoms with Crippen LogP contribution in [-0.2, 0) is 0 Å². The molecule has 0 fully saturated rings. The Balaban J connectivity index is 1.39. The summed E-state index contributed by atoms with van der Waals surface area (Å²) in [6, 6.07) is 30.3. The van der Waals surface area contributed by atoms with Crippen molar-refractivity contribution in [3.05, 3.63) is 144 Å². The first-order valence-corrected chi connectivity index (χ1v) is 22.9. The van der Waals surface area contributed by atoms with E-state index in [0.29, 0.717) is 58.0 Å². The lowest BCUT2D eigenvalue weighted by Gasteiger charge is -2.32. The quantitative estimate of drug-likeness (QED) is 0.0459. The third-order valence-corrected chi connectivity index (χ3v) is 12.8. The zero-order valence-electron chi connectivity index (χ0n) is 37.7. The van der Waals surface area contributed by atoms with Gasteiger partial charge in [-0.15, -0.1) is 0 Å². The highest BCUT2D eigenvalue weighted by Crippen LogP contribution is 2.58. The second-order valence-corrected chi connectivity index (χ2v) is 17.3. The molecule has 2 aliphatic heterocycles. The molecule has 0 unspecified atom stereocenters. The molecule has 70 heavy (non-hydrogen) atoms. The predicted molar refractivity (Wildman–Crippen MR) is 261 cm³/mol. The van der Waals surface area contributed by atoms with Crippen LogP contribution in [0.2, 0.25) is 0 Å². The Morgan fingerprint density at radius 2 is 0.571 bits per heavy atom. The summed E-state index contributed by atoms with van der Waals surface area (Å²) < 4.78 is 27.2. The van der Waals surface area contributed by atoms with Crippen molar-refractivity contribution in [2.45, 2.75) is 39.5 Å². The number of hydrogen-bond donors (Lipinski definition) is 4. The van der Waals surface area contributed by atoms with Crippen LogP contribution in [0, 0.1) is 0 Å². The van der Waals surface area contributed by atoms with Gasteiger partial charge in [0.2, 0.25) is 0 Å². The van der Waals surface area contributed by atoms with Gasteiger partial charge in [0.1, 0.15) is 69.0 Å². The Morgan fingerprint density at radius 3 is 0.786 bits per heavy atom. The average Bonchev–Trinajstić information content (AvgIpc) is 3.35. The number of carbonyl (C=O) groups excluding carboxylic acids is 4. The maximum atomic E-state index is 14.9. The minimum atomic E-state index is -0.563. The lowest BCUT2D eigenvalue weighted by Crippen LogP contribution is -2.41. The normalized spacial score (nSPS) is 13.3. The van der Waals surface area contributed by atoms with Gasteiger partial charge in [-0.1, -0.05) is 26.7 Å². The molecule has 2 aliphatic rings. The van der Waals surface area contributed by atoms with Crippen molar-refractivity contribution in [2.75, 3.05) is 13.1 Å². The summed E-state index contributed by atoms with van der Waals surface area (Å²) in [4.78, 5) is 62.1. The van der Waals surface area contributed by atoms with Crippen molar-refractivity contribution in [2.24, 2.45) is 0 Å². The molecule has 9 aromatic carbocycles. The minimum absolute atomic E-state index is 0.0215. The molecule has 4 N–H and O–H groups in total. The SMILES string of the molecule is CCCCN1C(=O)c2cc(Oc3ccc(O)cc3)c3c4c(Oc5ccc(O)cc5)cc5c6c(cc(Oc7ccc(O)cc7)c(c7c(Oc8ccc(O)cc8)cc(c2c37)C1=O)c64)C(=O)N(CCCC)C5=O. The van der Waals surface area contributed by atoms with Crippen molar-refractivity contribution in [1.82, 2.24) is 9.80 Å². The Kier molecular flexibility index (Phi) is 10.5. The van der Waals surface area contributed by atoms with E-state index >= 15 is 0 Å². The first kappa shape index (κ1) is 43.5. The van der Waals surface area contributed by atoms with Crippen LogP contribution in [0.3, 0.4) is 0 Å². The molecule has 2 heterocycles. The maximum absolute atomic E-state index is 14.9. The Hall–Kier alpha value is -9.04. The average molecular weight is 935 g/mol. The highest BCUT2D eigenvalue weighted by molar-refractivity contribution is 6.44. The first-order valence-electron chi connectivity index (χ1n) is 22.9. The zero-order valence-corrected chi connectivity index (χ0v) is 37.7. The van der Waals surface area contributed by atoms with Gasteiger partial charge in [-0.2, -0.15) is 0 Å². The van der Waals surface area contributed by atoms with Crippen molar-refractivity contribution >= 4 is 66.7 Å². The van der Waals surface area contributed by atoms with Crippen LogP contribution in [0.25, 0.3) is 43.1 Å². The second-order valence-electron chi connectivity index (χ2n) is 17.3. The van der Waals surface area contributed by atoms with Crippen LogP contribution >= 0.6 is 0 Å². The molecule has 0 aromatic heterocycles. The van der Waals surface area contributed by atoms with Crippen molar-refractivity contribution in [3.8, 4) is 69.0 Å². The highest BCUT2D eigenvalue weighted by atomic mass is 16.5. The monoisotopic (exact) mass is 934 g/mol. The van der Waals surface area contributed by atoms with Crippen molar-refractivity contribution in [1.29, 1.82) is 0 Å². The molecule has 4 amide bonds. The Labute approximate surface area is 399 Å². The molecule has 0 saturated carbocycles. The summed E-state index contributed by atoms with van der Waals surface area (Å²) in [5.74, 6) is -0.820. The number of unbranched alkanes of at least 4 members (excludes halogenated alkanes) is 2. The van der Waals surface area contributed by atoms with E-state index in [1.807, 2.05) is 13.8 Å². The highest BCUT2D eigenvalue weighted by Gasteiger charge is 2.41. The van der Waals surface area contributed by atoms with E-state index in [4.69, 9.17) is 18.9 Å². The van der Waals surface area contributed by atoms with E-state index in [1.54, 1.807) is 72.8 Å². The molecule has 14 nitrogen and oxygen atoms in total. The largest absolute Gasteiger partial charge is 0.508 e. The minimum Gasteiger partial charge on any atom is -0.508 e. The number of benzene rings is 9. The number of fused-ring (bicyclic) bond motifs is 2. The van der Waals surface area contributed by atoms with Gasteiger partial charge in [0.05, 0.1) is 22.3 Å². The molecular weight excluding hydrogens is 893 g/mol. The number of carbonyl (C=O) groups is 4. The van der Waals surface area contributed by atoms with E-state index in [-0.39, 0.29) is 115 Å². The van der Waals surface area contributed by atoms with Gasteiger partial charge in [0.15, 0.2) is 0 Å². The fraction of sp³-hybridized carbons (Fsp3) is 0.143.